The van der Waals surface area contributed by atoms with Gasteiger partial charge in [-0.1, -0.05) is 19.3 Å². The number of ether oxygens (including phenoxy) is 2. The summed E-state index contributed by atoms with van der Waals surface area (Å²) in [7, 11) is 2.13. The number of fused-ring (bicyclic) bond motifs is 1. The number of nitrogens with zero attached hydrogens (tertiary/aromatic N) is 3. The topological polar surface area (TPSA) is 89.0 Å². The Morgan fingerprint density at radius 3 is 2.44 bits per heavy atom. The SMILES string of the molecule is C[N+](C(=O)C1CCCCC1)(C1CCN(c2ccncc2)CC1)C1CCOc2ccc(OC(=O)O)cc21. The third-order valence-corrected chi connectivity index (χ3v) is 8.52. The molecule has 8 nitrogen and oxygen atoms in total. The predicted molar refractivity (Wildman–Crippen MR) is 135 cm³/mol. The van der Waals surface area contributed by atoms with Crippen LogP contribution in [0.2, 0.25) is 0 Å². The second-order valence-corrected chi connectivity index (χ2v) is 10.5. The van der Waals surface area contributed by atoms with Gasteiger partial charge in [0, 0.05) is 50.4 Å². The van der Waals surface area contributed by atoms with Crippen LogP contribution >= 0.6 is 0 Å². The van der Waals surface area contributed by atoms with Gasteiger partial charge in [0.2, 0.25) is 0 Å². The van der Waals surface area contributed by atoms with Crippen molar-refractivity contribution in [2.45, 2.75) is 63.5 Å². The third kappa shape index (κ3) is 4.78. The molecule has 1 aromatic carbocycles. The van der Waals surface area contributed by atoms with Gasteiger partial charge in [-0.2, -0.15) is 0 Å². The smallest absolute Gasteiger partial charge is 0.493 e. The summed E-state index contributed by atoms with van der Waals surface area (Å²) in [5.74, 6) is 1.39. The van der Waals surface area contributed by atoms with E-state index in [2.05, 4.69) is 16.9 Å². The molecule has 8 heteroatoms. The summed E-state index contributed by atoms with van der Waals surface area (Å²) in [6, 6.07) is 9.33. The van der Waals surface area contributed by atoms with E-state index in [9.17, 15) is 9.59 Å². The third-order valence-electron chi connectivity index (χ3n) is 8.52. The molecule has 36 heavy (non-hydrogen) atoms. The van der Waals surface area contributed by atoms with Crippen LogP contribution in [0.5, 0.6) is 11.5 Å². The molecule has 2 aliphatic heterocycles. The van der Waals surface area contributed by atoms with E-state index in [-0.39, 0.29) is 23.8 Å². The Bertz CT molecular complexity index is 1080. The van der Waals surface area contributed by atoms with Crippen LogP contribution in [0.15, 0.2) is 42.7 Å². The van der Waals surface area contributed by atoms with E-state index in [1.54, 1.807) is 18.2 Å². The van der Waals surface area contributed by atoms with Crippen LogP contribution in [0.25, 0.3) is 0 Å². The minimum absolute atomic E-state index is 0.0757. The summed E-state index contributed by atoms with van der Waals surface area (Å²) < 4.78 is 11.3. The maximum atomic E-state index is 14.4. The monoisotopic (exact) mass is 494 g/mol. The van der Waals surface area contributed by atoms with Crippen molar-refractivity contribution >= 4 is 17.7 Å². The van der Waals surface area contributed by atoms with E-state index in [0.717, 1.165) is 62.9 Å². The fraction of sp³-hybridized carbons (Fsp3) is 0.536. The van der Waals surface area contributed by atoms with E-state index >= 15 is 0 Å². The van der Waals surface area contributed by atoms with Crippen molar-refractivity contribution in [3.63, 3.8) is 0 Å². The first-order chi connectivity index (χ1) is 17.5. The maximum absolute atomic E-state index is 14.4. The number of amides is 1. The minimum Gasteiger partial charge on any atom is -0.493 e. The zero-order chi connectivity index (χ0) is 25.1. The van der Waals surface area contributed by atoms with Crippen molar-refractivity contribution in [1.29, 1.82) is 0 Å². The molecule has 1 saturated carbocycles. The second kappa shape index (κ2) is 10.5. The van der Waals surface area contributed by atoms with Crippen molar-refractivity contribution < 1.29 is 28.7 Å². The van der Waals surface area contributed by atoms with E-state index in [1.807, 2.05) is 24.5 Å². The van der Waals surface area contributed by atoms with Crippen LogP contribution in [0.1, 0.15) is 63.0 Å². The average Bonchev–Trinajstić information content (AvgIpc) is 2.92. The van der Waals surface area contributed by atoms with Gasteiger partial charge in [-0.25, -0.2) is 9.59 Å². The quantitative estimate of drug-likeness (QED) is 0.348. The Balaban J connectivity index is 1.48. The fourth-order valence-electron chi connectivity index (χ4n) is 6.62. The van der Waals surface area contributed by atoms with Gasteiger partial charge in [0.1, 0.15) is 17.5 Å². The predicted octanol–water partition coefficient (Wildman–Crippen LogP) is 5.18. The fourth-order valence-corrected chi connectivity index (χ4v) is 6.62. The van der Waals surface area contributed by atoms with Crippen LogP contribution < -0.4 is 14.4 Å². The Hall–Kier alpha value is -3.13. The highest BCUT2D eigenvalue weighted by atomic mass is 16.7. The maximum Gasteiger partial charge on any atom is 0.511 e. The molecule has 2 aromatic rings. The van der Waals surface area contributed by atoms with Gasteiger partial charge in [-0.05, 0) is 43.2 Å². The summed E-state index contributed by atoms with van der Waals surface area (Å²) >= 11 is 0. The van der Waals surface area contributed by atoms with E-state index in [1.165, 1.54) is 12.1 Å². The number of benzene rings is 1. The van der Waals surface area contributed by atoms with Crippen molar-refractivity contribution in [3.8, 4) is 11.5 Å². The zero-order valence-electron chi connectivity index (χ0n) is 21.0. The number of anilines is 1. The van der Waals surface area contributed by atoms with Gasteiger partial charge in [0.05, 0.1) is 31.2 Å². The van der Waals surface area contributed by atoms with Crippen molar-refractivity contribution in [1.82, 2.24) is 4.98 Å². The van der Waals surface area contributed by atoms with Crippen molar-refractivity contribution in [2.24, 2.45) is 5.92 Å². The van der Waals surface area contributed by atoms with Crippen LogP contribution in [-0.4, -0.2) is 59.4 Å². The number of hydrogen-bond donors (Lipinski definition) is 1. The molecular formula is C28H36N3O5+. The summed E-state index contributed by atoms with van der Waals surface area (Å²) in [5.41, 5.74) is 2.05. The lowest BCUT2D eigenvalue weighted by atomic mass is 9.83. The van der Waals surface area contributed by atoms with Crippen molar-refractivity contribution in [2.75, 3.05) is 31.6 Å². The molecule has 3 heterocycles. The number of rotatable bonds is 5. The summed E-state index contributed by atoms with van der Waals surface area (Å²) in [6.45, 7) is 2.32. The molecule has 0 bridgehead atoms. The number of piperidine rings is 1. The lowest BCUT2D eigenvalue weighted by Gasteiger charge is -2.50. The summed E-state index contributed by atoms with van der Waals surface area (Å²) in [5, 5.41) is 9.16. The molecule has 2 atom stereocenters. The van der Waals surface area contributed by atoms with Crippen molar-refractivity contribution in [3.05, 3.63) is 48.3 Å². The Kier molecular flexibility index (Phi) is 7.14. The average molecular weight is 495 g/mol. The summed E-state index contributed by atoms with van der Waals surface area (Å²) in [4.78, 5) is 32.2. The van der Waals surface area contributed by atoms with Gasteiger partial charge in [0.15, 0.2) is 0 Å². The number of carboxylic acid groups (broad SMARTS) is 1. The van der Waals surface area contributed by atoms with Gasteiger partial charge < -0.3 is 19.5 Å². The number of carbonyl (C=O) groups is 2. The zero-order valence-corrected chi connectivity index (χ0v) is 21.0. The van der Waals surface area contributed by atoms with E-state index in [0.29, 0.717) is 23.4 Å². The first kappa shape index (κ1) is 24.6. The van der Waals surface area contributed by atoms with Crippen LogP contribution in [0, 0.1) is 5.92 Å². The van der Waals surface area contributed by atoms with Crippen LogP contribution in [-0.2, 0) is 4.79 Å². The molecule has 5 rings (SSSR count). The molecule has 3 aliphatic rings. The first-order valence-electron chi connectivity index (χ1n) is 13.2. The van der Waals surface area contributed by atoms with E-state index in [4.69, 9.17) is 14.6 Å². The number of carbonyl (C=O) groups excluding carboxylic acids is 1. The number of quaternary nitrogens is 1. The molecule has 1 amide bonds. The molecule has 0 radical (unpaired) electrons. The first-order valence-corrected chi connectivity index (χ1v) is 13.2. The van der Waals surface area contributed by atoms with Gasteiger partial charge in [-0.15, -0.1) is 0 Å². The Morgan fingerprint density at radius 1 is 1.03 bits per heavy atom. The normalized spacial score (nSPS) is 22.7. The Labute approximate surface area is 212 Å². The second-order valence-electron chi connectivity index (χ2n) is 10.5. The molecule has 1 N–H and O–H groups in total. The highest BCUT2D eigenvalue weighted by Crippen LogP contribution is 2.46. The minimum atomic E-state index is -1.35. The molecule has 192 valence electrons. The van der Waals surface area contributed by atoms with Gasteiger partial charge in [0.25, 0.3) is 0 Å². The molecule has 1 aromatic heterocycles. The number of hydrogen-bond acceptors (Lipinski definition) is 6. The van der Waals surface area contributed by atoms with Gasteiger partial charge >= 0.3 is 12.1 Å². The summed E-state index contributed by atoms with van der Waals surface area (Å²) in [6.07, 6.45) is 10.2. The number of aromatic nitrogens is 1. The van der Waals surface area contributed by atoms with Crippen LogP contribution in [0.4, 0.5) is 10.5 Å². The lowest BCUT2D eigenvalue weighted by Crippen LogP contribution is -2.63. The Morgan fingerprint density at radius 2 is 1.75 bits per heavy atom. The molecular weight excluding hydrogens is 458 g/mol. The highest BCUT2D eigenvalue weighted by molar-refractivity contribution is 5.73. The molecule has 1 saturated heterocycles. The van der Waals surface area contributed by atoms with E-state index < -0.39 is 6.16 Å². The highest BCUT2D eigenvalue weighted by Gasteiger charge is 2.52. The largest absolute Gasteiger partial charge is 0.511 e. The standard InChI is InChI=1S/C28H35N3O5/c1-31(27(32)20-5-3-2-4-6-20,22-11-16-30(17-12-22)21-9-14-29-15-10-21)25-13-18-35-26-8-7-23(19-24(25)26)36-28(33)34/h7-10,14-15,19-20,22,25H,2-6,11-13,16-18H2,1H3/p+1. The molecule has 2 unspecified atom stereocenters. The number of pyridine rings is 1. The molecule has 2 fully saturated rings. The lowest BCUT2D eigenvalue weighted by molar-refractivity contribution is -0.895. The van der Waals surface area contributed by atoms with Crippen LogP contribution in [0.3, 0.4) is 0 Å². The molecule has 0 spiro atoms. The van der Waals surface area contributed by atoms with Gasteiger partial charge in [-0.3, -0.25) is 9.47 Å². The molecule has 1 aliphatic carbocycles.